The van der Waals surface area contributed by atoms with Gasteiger partial charge in [-0.1, -0.05) is 18.2 Å². The Kier molecular flexibility index (Phi) is 3.86. The standard InChI is InChI=1S/C29H29N4O3/c1-29-11-6-12-32-20-7-5-8-22(34)25(20)24-19-15-30-14-18(19)23-17-10-9-16(36-29)13-21(17)33(31(2)3,28(29)35-4)27(23)26(24)32/h6-7,9-11,14-16,28H,5,8,12-13H2,1-4H3/q+1/b11-6-/t16-,28+,29-,33+/m0/s1. The summed E-state index contributed by atoms with van der Waals surface area (Å²) in [5, 5.41) is 5.42. The van der Waals surface area contributed by atoms with Gasteiger partial charge in [0.1, 0.15) is 11.2 Å². The molecular formula is C29H29N4O3+. The fourth-order valence-corrected chi connectivity index (χ4v) is 7.87. The Morgan fingerprint density at radius 1 is 1.31 bits per heavy atom. The van der Waals surface area contributed by atoms with Crippen LogP contribution in [0.4, 0.5) is 5.69 Å². The Hall–Kier alpha value is -3.10. The molecule has 8 rings (SSSR count). The van der Waals surface area contributed by atoms with Crippen LogP contribution in [0, 0.1) is 0 Å². The number of fused-ring (bicyclic) bond motifs is 9. The van der Waals surface area contributed by atoms with Gasteiger partial charge in [-0.15, -0.1) is 5.01 Å². The van der Waals surface area contributed by atoms with E-state index >= 15 is 0 Å². The van der Waals surface area contributed by atoms with Gasteiger partial charge in [-0.05, 0) is 25.5 Å². The molecule has 4 atom stereocenters. The number of aromatic nitrogens is 1. The van der Waals surface area contributed by atoms with Crippen molar-refractivity contribution in [3.63, 3.8) is 0 Å². The van der Waals surface area contributed by atoms with Gasteiger partial charge in [0, 0.05) is 73.7 Å². The van der Waals surface area contributed by atoms with E-state index in [4.69, 9.17) is 9.47 Å². The van der Waals surface area contributed by atoms with Crippen LogP contribution in [0.3, 0.4) is 0 Å². The number of hydrogen-bond acceptors (Lipinski definition) is 5. The van der Waals surface area contributed by atoms with Gasteiger partial charge >= 0.3 is 0 Å². The number of ether oxygens (including phenoxy) is 2. The van der Waals surface area contributed by atoms with E-state index in [1.54, 1.807) is 7.11 Å². The molecule has 182 valence electrons. The van der Waals surface area contributed by atoms with Crippen molar-refractivity contribution in [1.29, 1.82) is 0 Å². The third kappa shape index (κ3) is 2.13. The van der Waals surface area contributed by atoms with Gasteiger partial charge in [0.05, 0.1) is 23.7 Å². The normalized spacial score (nSPS) is 33.4. The summed E-state index contributed by atoms with van der Waals surface area (Å²) in [6.07, 6.45) is 16.7. The predicted molar refractivity (Wildman–Crippen MR) is 141 cm³/mol. The molecule has 1 aromatic carbocycles. The minimum atomic E-state index is -0.679. The molecular weight excluding hydrogens is 452 g/mol. The number of aliphatic imine (C=N–C) groups is 1. The number of carbonyl (C=O) groups excluding carboxylic acids is 1. The predicted octanol–water partition coefficient (Wildman–Crippen LogP) is 2.74. The molecule has 0 radical (unpaired) electrons. The van der Waals surface area contributed by atoms with Crippen LogP contribution in [-0.4, -0.2) is 60.7 Å². The van der Waals surface area contributed by atoms with Crippen molar-refractivity contribution in [1.82, 2.24) is 14.2 Å². The Labute approximate surface area is 209 Å². The Balaban J connectivity index is 1.70. The van der Waals surface area contributed by atoms with Crippen LogP contribution in [0.5, 0.6) is 0 Å². The summed E-state index contributed by atoms with van der Waals surface area (Å²) in [4.78, 5) is 18.1. The van der Waals surface area contributed by atoms with Crippen LogP contribution < -0.4 is 15.2 Å². The molecule has 36 heavy (non-hydrogen) atoms. The van der Waals surface area contributed by atoms with E-state index in [2.05, 4.69) is 66.0 Å². The first-order valence-corrected chi connectivity index (χ1v) is 12.8. The summed E-state index contributed by atoms with van der Waals surface area (Å²) in [6, 6.07) is 0. The smallest absolute Gasteiger partial charge is 0.253 e. The van der Waals surface area contributed by atoms with Gasteiger partial charge < -0.3 is 14.0 Å². The Morgan fingerprint density at radius 3 is 2.97 bits per heavy atom. The maximum Gasteiger partial charge on any atom is 0.253 e. The topological polar surface area (TPSA) is 56.1 Å². The van der Waals surface area contributed by atoms with E-state index in [0.717, 1.165) is 45.4 Å². The highest BCUT2D eigenvalue weighted by molar-refractivity contribution is 6.18. The van der Waals surface area contributed by atoms with E-state index < -0.39 is 5.60 Å². The first kappa shape index (κ1) is 21.0. The monoisotopic (exact) mass is 481 g/mol. The Bertz CT molecular complexity index is 1690. The zero-order chi connectivity index (χ0) is 24.6. The van der Waals surface area contributed by atoms with E-state index in [0.29, 0.717) is 17.6 Å². The van der Waals surface area contributed by atoms with Gasteiger partial charge in [-0.3, -0.25) is 9.79 Å². The van der Waals surface area contributed by atoms with Gasteiger partial charge in [-0.25, -0.2) is 0 Å². The molecule has 4 aliphatic heterocycles. The highest BCUT2D eigenvalue weighted by atomic mass is 16.6. The van der Waals surface area contributed by atoms with Gasteiger partial charge in [0.15, 0.2) is 17.1 Å². The third-order valence-corrected chi connectivity index (χ3v) is 9.02. The molecule has 6 aliphatic rings. The molecule has 2 aliphatic carbocycles. The van der Waals surface area contributed by atoms with Crippen molar-refractivity contribution in [2.24, 2.45) is 4.99 Å². The second-order valence-electron chi connectivity index (χ2n) is 11.0. The van der Waals surface area contributed by atoms with Crippen molar-refractivity contribution in [2.45, 2.75) is 50.7 Å². The second-order valence-corrected chi connectivity index (χ2v) is 11.0. The van der Waals surface area contributed by atoms with Crippen molar-refractivity contribution in [3.8, 4) is 0 Å². The number of benzene rings is 1. The van der Waals surface area contributed by atoms with Gasteiger partial charge in [0.2, 0.25) is 0 Å². The highest BCUT2D eigenvalue weighted by Gasteiger charge is 2.65. The molecule has 0 N–H and O–H groups in total. The van der Waals surface area contributed by atoms with Crippen LogP contribution >= 0.6 is 0 Å². The van der Waals surface area contributed by atoms with Gasteiger partial charge in [-0.2, -0.15) is 4.59 Å². The SMILES string of the molecule is CO[C@@H]1[C@]2(C)/C=C\Cn3c4c(c5c6c(c7c(c53)[N@+]1(N(C)C)C1=C7C=C[C@@H](C1)O2)C=NC=6)C(=O)CCC=4. The number of methoxy groups -OCH3 is 1. The first-order valence-electron chi connectivity index (χ1n) is 12.8. The molecule has 7 nitrogen and oxygen atoms in total. The van der Waals surface area contributed by atoms with Crippen LogP contribution in [0.2, 0.25) is 0 Å². The summed E-state index contributed by atoms with van der Waals surface area (Å²) in [5.74, 6) is 0.221. The number of rotatable bonds is 2. The van der Waals surface area contributed by atoms with Crippen molar-refractivity contribution in [3.05, 3.63) is 57.3 Å². The molecule has 0 unspecified atom stereocenters. The number of Topliss-reactive ketones (excluding diaryl/α,β-unsaturated/α-hetero) is 1. The maximum absolute atomic E-state index is 13.5. The number of quaternary nitrogens is 1. The lowest BCUT2D eigenvalue weighted by Gasteiger charge is -2.48. The fraction of sp³-hybridized carbons (Fsp3) is 0.379. The average molecular weight is 482 g/mol. The van der Waals surface area contributed by atoms with Gasteiger partial charge in [0.25, 0.3) is 6.23 Å². The summed E-state index contributed by atoms with van der Waals surface area (Å²) in [5.41, 5.74) is 7.30. The molecule has 0 amide bonds. The molecule has 1 aromatic heterocycles. The fourth-order valence-electron chi connectivity index (χ4n) is 7.87. The van der Waals surface area contributed by atoms with Crippen LogP contribution in [0.1, 0.15) is 47.7 Å². The summed E-state index contributed by atoms with van der Waals surface area (Å²) in [7, 11) is 6.07. The third-order valence-electron chi connectivity index (χ3n) is 9.02. The minimum absolute atomic E-state index is 0.0385. The molecule has 0 spiro atoms. The molecule has 5 heterocycles. The zero-order valence-corrected chi connectivity index (χ0v) is 21.0. The largest absolute Gasteiger partial charge is 0.354 e. The zero-order valence-electron chi connectivity index (χ0n) is 21.0. The van der Waals surface area contributed by atoms with E-state index in [1.165, 1.54) is 22.5 Å². The minimum Gasteiger partial charge on any atom is -0.354 e. The number of hydrogen-bond donors (Lipinski definition) is 0. The van der Waals surface area contributed by atoms with Crippen LogP contribution in [-0.2, 0) is 16.0 Å². The maximum atomic E-state index is 13.5. The molecule has 0 saturated carbocycles. The van der Waals surface area contributed by atoms with Crippen molar-refractivity contribution >= 4 is 46.4 Å². The number of nitrogens with zero attached hydrogens (tertiary/aromatic N) is 4. The number of allylic oxidation sites excluding steroid dienone is 3. The molecule has 1 fully saturated rings. The number of carbonyl (C=O) groups is 1. The van der Waals surface area contributed by atoms with E-state index in [1.807, 2.05) is 12.4 Å². The highest BCUT2D eigenvalue weighted by Crippen LogP contribution is 2.58. The van der Waals surface area contributed by atoms with E-state index in [-0.39, 0.29) is 18.1 Å². The summed E-state index contributed by atoms with van der Waals surface area (Å²) < 4.78 is 16.1. The van der Waals surface area contributed by atoms with Crippen LogP contribution in [0.25, 0.3) is 28.8 Å². The lowest BCUT2D eigenvalue weighted by Crippen LogP contribution is -2.69. The first-order chi connectivity index (χ1) is 17.4. The summed E-state index contributed by atoms with van der Waals surface area (Å²) >= 11 is 0. The lowest BCUT2D eigenvalue weighted by atomic mass is 9.90. The average Bonchev–Trinajstić information content (AvgIpc) is 3.51. The molecule has 7 heteroatoms. The Morgan fingerprint density at radius 2 is 2.17 bits per heavy atom. The lowest BCUT2D eigenvalue weighted by molar-refractivity contribution is -0.184. The molecule has 1 saturated heterocycles. The number of ketones is 1. The van der Waals surface area contributed by atoms with Crippen molar-refractivity contribution in [2.75, 3.05) is 21.2 Å². The van der Waals surface area contributed by atoms with Crippen molar-refractivity contribution < 1.29 is 14.3 Å². The molecule has 2 aromatic rings. The van der Waals surface area contributed by atoms with Crippen LogP contribution in [0.15, 0.2) is 35.0 Å². The molecule has 4 bridgehead atoms. The quantitative estimate of drug-likeness (QED) is 0.489. The summed E-state index contributed by atoms with van der Waals surface area (Å²) in [6.45, 7) is 2.81. The second kappa shape index (κ2) is 6.61. The van der Waals surface area contributed by atoms with E-state index in [9.17, 15) is 4.79 Å².